The van der Waals surface area contributed by atoms with Crippen LogP contribution in [0.25, 0.3) is 11.4 Å². The Bertz CT molecular complexity index is 2050. The van der Waals surface area contributed by atoms with Gasteiger partial charge in [0.05, 0.1) is 17.1 Å². The number of carbonyl (C=O) groups is 3. The molecule has 0 bridgehead atoms. The van der Waals surface area contributed by atoms with Gasteiger partial charge in [0.25, 0.3) is 0 Å². The maximum atomic E-state index is 14.4. The molecule has 2 aromatic carbocycles. The zero-order valence-electron chi connectivity index (χ0n) is 26.9. The van der Waals surface area contributed by atoms with E-state index >= 15 is 0 Å². The summed E-state index contributed by atoms with van der Waals surface area (Å²) < 4.78 is 120. The van der Waals surface area contributed by atoms with Gasteiger partial charge in [0.15, 0.2) is 29.1 Å². The second-order valence-corrected chi connectivity index (χ2v) is 12.8. The van der Waals surface area contributed by atoms with Gasteiger partial charge >= 0.3 is 24.2 Å². The number of halogens is 8. The molecule has 0 saturated carbocycles. The number of fused-ring (bicyclic) bond motifs is 8. The number of para-hydroxylation sites is 2. The van der Waals surface area contributed by atoms with Gasteiger partial charge in [-0.15, -0.1) is 0 Å². The van der Waals surface area contributed by atoms with Crippen LogP contribution in [0.2, 0.25) is 0 Å². The number of carbonyl (C=O) groups excluding carboxylic acids is 3. The Morgan fingerprint density at radius 3 is 1.62 bits per heavy atom. The number of rotatable bonds is 1. The standard InChI is InChI=1S/C18H14F4N2O3.C17H14F4N2O2/c19-12-2-1-3-13-15(12)24-11(10-25)4-5-14(24)17(27-13)6-8-23(9-7-17)16(26)18(20,21)22;18-11-3-1-4-12-14(11)23-8-2-5-13(23)16(25-12)6-9-22(10-7-16)15(24)17(19,20)21/h1-5,10H,6-9H2;1-5,8H,6-7,9-10H2. The Kier molecular flexibility index (Phi) is 8.37. The van der Waals surface area contributed by atoms with Crippen LogP contribution in [0.15, 0.2) is 66.9 Å². The minimum Gasteiger partial charge on any atom is -0.479 e. The lowest BCUT2D eigenvalue weighted by atomic mass is 9.86. The molecule has 2 fully saturated rings. The molecule has 4 aliphatic rings. The van der Waals surface area contributed by atoms with Crippen molar-refractivity contribution in [2.45, 2.75) is 49.2 Å². The monoisotopic (exact) mass is 736 g/mol. The average Bonchev–Trinajstić information content (AvgIpc) is 3.77. The second kappa shape index (κ2) is 12.4. The summed E-state index contributed by atoms with van der Waals surface area (Å²) in [4.78, 5) is 35.9. The lowest BCUT2D eigenvalue weighted by molar-refractivity contribution is -0.188. The molecular weight excluding hydrogens is 708 g/mol. The molecule has 2 amide bonds. The Morgan fingerprint density at radius 2 is 1.12 bits per heavy atom. The van der Waals surface area contributed by atoms with E-state index in [4.69, 9.17) is 9.47 Å². The van der Waals surface area contributed by atoms with Crippen LogP contribution in [0.1, 0.15) is 47.6 Å². The third-order valence-electron chi connectivity index (χ3n) is 9.89. The number of likely N-dealkylation sites (tertiary alicyclic amines) is 2. The van der Waals surface area contributed by atoms with Crippen molar-refractivity contribution in [1.29, 1.82) is 0 Å². The number of piperidine rings is 2. The van der Waals surface area contributed by atoms with Crippen LogP contribution in [-0.4, -0.2) is 75.6 Å². The van der Waals surface area contributed by atoms with Gasteiger partial charge in [-0.1, -0.05) is 12.1 Å². The highest BCUT2D eigenvalue weighted by Gasteiger charge is 2.51. The molecule has 0 atom stereocenters. The zero-order chi connectivity index (χ0) is 37.2. The SMILES string of the molecule is O=C(N1CCC2(CC1)Oc1cccc(F)c1-n1cccc12)C(F)(F)F.O=Cc1ccc2n1-c1c(F)cccc1OC21CCN(C(=O)C(F)(F)F)CC1. The fraction of sp³-hybridized carbons (Fsp3) is 0.343. The van der Waals surface area contributed by atoms with Crippen molar-refractivity contribution in [2.75, 3.05) is 26.2 Å². The Hall–Kier alpha value is -5.35. The maximum absolute atomic E-state index is 14.4. The fourth-order valence-corrected chi connectivity index (χ4v) is 7.45. The van der Waals surface area contributed by atoms with Gasteiger partial charge in [-0.2, -0.15) is 26.3 Å². The third kappa shape index (κ3) is 5.75. The number of hydrogen-bond donors (Lipinski definition) is 0. The minimum atomic E-state index is -4.93. The van der Waals surface area contributed by atoms with Crippen molar-refractivity contribution in [3.63, 3.8) is 0 Å². The quantitative estimate of drug-likeness (QED) is 0.163. The van der Waals surface area contributed by atoms with Crippen LogP contribution in [-0.2, 0) is 20.8 Å². The molecule has 0 N–H and O–H groups in total. The molecule has 52 heavy (non-hydrogen) atoms. The molecule has 2 saturated heterocycles. The molecule has 0 unspecified atom stereocenters. The average molecular weight is 737 g/mol. The third-order valence-corrected chi connectivity index (χ3v) is 9.89. The van der Waals surface area contributed by atoms with Gasteiger partial charge in [-0.05, 0) is 48.5 Å². The van der Waals surface area contributed by atoms with Crippen LogP contribution in [0, 0.1) is 11.6 Å². The first-order valence-corrected chi connectivity index (χ1v) is 16.1. The van der Waals surface area contributed by atoms with Crippen LogP contribution in [0.4, 0.5) is 35.1 Å². The van der Waals surface area contributed by atoms with Gasteiger partial charge in [-0.3, -0.25) is 14.4 Å². The molecule has 9 nitrogen and oxygen atoms in total. The first kappa shape index (κ1) is 35.1. The molecule has 274 valence electrons. The van der Waals surface area contributed by atoms with Gasteiger partial charge in [0.1, 0.15) is 22.9 Å². The molecule has 4 aliphatic heterocycles. The van der Waals surface area contributed by atoms with Crippen molar-refractivity contribution in [2.24, 2.45) is 0 Å². The summed E-state index contributed by atoms with van der Waals surface area (Å²) in [5, 5.41) is 0. The van der Waals surface area contributed by atoms with Crippen LogP contribution < -0.4 is 9.47 Å². The number of nitrogens with zero attached hydrogens (tertiary/aromatic N) is 4. The van der Waals surface area contributed by atoms with E-state index in [-0.39, 0.29) is 69.0 Å². The molecule has 17 heteroatoms. The summed E-state index contributed by atoms with van der Waals surface area (Å²) in [5.41, 5.74) is -0.129. The van der Waals surface area contributed by atoms with E-state index in [1.54, 1.807) is 41.1 Å². The van der Waals surface area contributed by atoms with Gasteiger partial charge < -0.3 is 28.4 Å². The number of benzene rings is 2. The van der Waals surface area contributed by atoms with Crippen molar-refractivity contribution in [3.05, 3.63) is 95.6 Å². The van der Waals surface area contributed by atoms with Crippen molar-refractivity contribution in [3.8, 4) is 22.9 Å². The van der Waals surface area contributed by atoms with Gasteiger partial charge in [0, 0.05) is 58.1 Å². The molecule has 6 heterocycles. The van der Waals surface area contributed by atoms with E-state index < -0.39 is 47.0 Å². The molecule has 2 aromatic heterocycles. The Labute approximate surface area is 289 Å². The zero-order valence-corrected chi connectivity index (χ0v) is 26.9. The van der Waals surface area contributed by atoms with Crippen molar-refractivity contribution in [1.82, 2.24) is 18.9 Å². The highest BCUT2D eigenvalue weighted by Crippen LogP contribution is 2.48. The lowest BCUT2D eigenvalue weighted by Crippen LogP contribution is -2.52. The van der Waals surface area contributed by atoms with Gasteiger partial charge in [0.2, 0.25) is 0 Å². The molecule has 2 spiro atoms. The topological polar surface area (TPSA) is 86.0 Å². The highest BCUT2D eigenvalue weighted by atomic mass is 19.4. The van der Waals surface area contributed by atoms with Crippen molar-refractivity contribution < 1.29 is 59.0 Å². The van der Waals surface area contributed by atoms with Crippen LogP contribution in [0.3, 0.4) is 0 Å². The van der Waals surface area contributed by atoms with E-state index in [1.807, 2.05) is 0 Å². The number of aromatic nitrogens is 2. The number of aldehydes is 1. The van der Waals surface area contributed by atoms with Crippen LogP contribution in [0.5, 0.6) is 11.5 Å². The van der Waals surface area contributed by atoms with E-state index in [0.29, 0.717) is 29.1 Å². The Balaban J connectivity index is 0.000000162. The second-order valence-electron chi connectivity index (χ2n) is 12.8. The summed E-state index contributed by atoms with van der Waals surface area (Å²) in [6, 6.07) is 15.4. The number of ether oxygens (including phenoxy) is 2. The molecule has 4 aromatic rings. The lowest BCUT2D eigenvalue weighted by Gasteiger charge is -2.45. The van der Waals surface area contributed by atoms with Crippen LogP contribution >= 0.6 is 0 Å². The van der Waals surface area contributed by atoms with Crippen molar-refractivity contribution >= 4 is 18.1 Å². The fourth-order valence-electron chi connectivity index (χ4n) is 7.45. The molecular formula is C35H28F8N4O5. The van der Waals surface area contributed by atoms with E-state index in [9.17, 15) is 49.5 Å². The van der Waals surface area contributed by atoms with E-state index in [1.165, 1.54) is 34.9 Å². The summed E-state index contributed by atoms with van der Waals surface area (Å²) in [5.74, 6) is -4.18. The first-order chi connectivity index (χ1) is 24.6. The first-order valence-electron chi connectivity index (χ1n) is 16.1. The molecule has 0 aliphatic carbocycles. The predicted octanol–water partition coefficient (Wildman–Crippen LogP) is 6.59. The molecule has 8 rings (SSSR count). The minimum absolute atomic E-state index is 0.0752. The van der Waals surface area contributed by atoms with E-state index in [2.05, 4.69) is 0 Å². The predicted molar refractivity (Wildman–Crippen MR) is 165 cm³/mol. The summed E-state index contributed by atoms with van der Waals surface area (Å²) in [6.07, 6.45) is -6.94. The molecule has 0 radical (unpaired) electrons. The normalized spacial score (nSPS) is 18.2. The Morgan fingerprint density at radius 1 is 0.635 bits per heavy atom. The number of alkyl halides is 6. The summed E-state index contributed by atoms with van der Waals surface area (Å²) in [7, 11) is 0. The maximum Gasteiger partial charge on any atom is 0.471 e. The largest absolute Gasteiger partial charge is 0.479 e. The van der Waals surface area contributed by atoms with E-state index in [0.717, 1.165) is 9.80 Å². The summed E-state index contributed by atoms with van der Waals surface area (Å²) >= 11 is 0. The highest BCUT2D eigenvalue weighted by molar-refractivity contribution is 5.82. The van der Waals surface area contributed by atoms with Gasteiger partial charge in [-0.25, -0.2) is 8.78 Å². The summed E-state index contributed by atoms with van der Waals surface area (Å²) in [6.45, 7) is -0.475. The number of hydrogen-bond acceptors (Lipinski definition) is 5. The smallest absolute Gasteiger partial charge is 0.471 e. The number of amides is 2.